The van der Waals surface area contributed by atoms with Gasteiger partial charge in [-0.15, -0.1) is 11.3 Å². The fourth-order valence-electron chi connectivity index (χ4n) is 3.04. The van der Waals surface area contributed by atoms with Gasteiger partial charge in [0.15, 0.2) is 6.10 Å². The number of methoxy groups -OCH3 is 1. The summed E-state index contributed by atoms with van der Waals surface area (Å²) in [7, 11) is 1.65. The Balaban J connectivity index is 1.59. The van der Waals surface area contributed by atoms with E-state index in [1.165, 1.54) is 0 Å². The van der Waals surface area contributed by atoms with Crippen molar-refractivity contribution >= 4 is 17.2 Å². The lowest BCUT2D eigenvalue weighted by Crippen LogP contribution is -2.36. The zero-order valence-corrected chi connectivity index (χ0v) is 18.9. The van der Waals surface area contributed by atoms with Crippen LogP contribution in [0.4, 0.5) is 0 Å². The van der Waals surface area contributed by atoms with Crippen LogP contribution in [0.3, 0.4) is 0 Å². The van der Waals surface area contributed by atoms with Gasteiger partial charge in [0.2, 0.25) is 0 Å². The molecule has 158 valence electrons. The van der Waals surface area contributed by atoms with E-state index in [0.717, 1.165) is 38.9 Å². The summed E-state index contributed by atoms with van der Waals surface area (Å²) in [4.78, 5) is 17.2. The van der Waals surface area contributed by atoms with Crippen LogP contribution in [0.25, 0.3) is 10.6 Å². The van der Waals surface area contributed by atoms with Gasteiger partial charge in [0, 0.05) is 10.9 Å². The van der Waals surface area contributed by atoms with Crippen molar-refractivity contribution in [3.8, 4) is 22.1 Å². The molecule has 2 aromatic carbocycles. The number of hydrogen-bond acceptors (Lipinski definition) is 5. The molecule has 0 aliphatic carbocycles. The molecule has 30 heavy (non-hydrogen) atoms. The highest BCUT2D eigenvalue weighted by Gasteiger charge is 2.18. The predicted octanol–water partition coefficient (Wildman–Crippen LogP) is 5.33. The zero-order valence-electron chi connectivity index (χ0n) is 18.1. The Kier molecular flexibility index (Phi) is 7.11. The van der Waals surface area contributed by atoms with Gasteiger partial charge >= 0.3 is 0 Å². The van der Waals surface area contributed by atoms with Crippen LogP contribution in [0, 0.1) is 6.92 Å². The summed E-state index contributed by atoms with van der Waals surface area (Å²) in [6.07, 6.45) is -0.594. The molecule has 1 N–H and O–H groups in total. The molecule has 1 atom stereocenters. The topological polar surface area (TPSA) is 60.5 Å². The highest BCUT2D eigenvalue weighted by Crippen LogP contribution is 2.28. The highest BCUT2D eigenvalue weighted by atomic mass is 32.1. The maximum absolute atomic E-state index is 12.6. The van der Waals surface area contributed by atoms with Crippen LogP contribution >= 0.6 is 11.3 Å². The Labute approximate surface area is 182 Å². The molecule has 0 spiro atoms. The number of thiazole rings is 1. The number of aromatic nitrogens is 1. The van der Waals surface area contributed by atoms with Gasteiger partial charge in [0.1, 0.15) is 16.5 Å². The first-order chi connectivity index (χ1) is 14.4. The van der Waals surface area contributed by atoms with Crippen LogP contribution in [0.5, 0.6) is 11.5 Å². The van der Waals surface area contributed by atoms with Crippen molar-refractivity contribution in [2.24, 2.45) is 0 Å². The van der Waals surface area contributed by atoms with E-state index in [1.807, 2.05) is 42.6 Å². The summed E-state index contributed by atoms with van der Waals surface area (Å²) >= 11 is 1.55. The smallest absolute Gasteiger partial charge is 0.261 e. The van der Waals surface area contributed by atoms with Crippen LogP contribution in [-0.4, -0.2) is 24.1 Å². The molecule has 0 aliphatic heterocycles. The molecule has 0 saturated carbocycles. The number of carbonyl (C=O) groups excluding carboxylic acids is 1. The minimum absolute atomic E-state index is 0.162. The van der Waals surface area contributed by atoms with Crippen molar-refractivity contribution in [1.82, 2.24) is 10.3 Å². The van der Waals surface area contributed by atoms with Crippen LogP contribution in [0.15, 0.2) is 47.8 Å². The lowest BCUT2D eigenvalue weighted by atomic mass is 10.0. The van der Waals surface area contributed by atoms with Crippen molar-refractivity contribution in [3.05, 3.63) is 64.7 Å². The molecule has 1 heterocycles. The van der Waals surface area contributed by atoms with Crippen LogP contribution in [-0.2, 0) is 11.3 Å². The summed E-state index contributed by atoms with van der Waals surface area (Å²) < 4.78 is 11.2. The lowest BCUT2D eigenvalue weighted by Gasteiger charge is -2.19. The molecule has 0 aliphatic rings. The second-order valence-corrected chi connectivity index (χ2v) is 8.40. The predicted molar refractivity (Wildman–Crippen MR) is 121 cm³/mol. The molecule has 1 amide bonds. The molecule has 0 bridgehead atoms. The van der Waals surface area contributed by atoms with Gasteiger partial charge in [0.25, 0.3) is 5.91 Å². The first-order valence-corrected chi connectivity index (χ1v) is 10.9. The molecule has 3 rings (SSSR count). The number of ether oxygens (including phenoxy) is 2. The van der Waals surface area contributed by atoms with E-state index in [0.29, 0.717) is 12.5 Å². The van der Waals surface area contributed by atoms with Crippen molar-refractivity contribution < 1.29 is 14.3 Å². The zero-order chi connectivity index (χ0) is 21.7. The monoisotopic (exact) mass is 424 g/mol. The van der Waals surface area contributed by atoms with E-state index in [4.69, 9.17) is 9.47 Å². The van der Waals surface area contributed by atoms with E-state index in [2.05, 4.69) is 36.3 Å². The van der Waals surface area contributed by atoms with Gasteiger partial charge in [-0.1, -0.05) is 26.0 Å². The molecule has 1 aromatic heterocycles. The van der Waals surface area contributed by atoms with E-state index in [-0.39, 0.29) is 5.91 Å². The van der Waals surface area contributed by atoms with Crippen molar-refractivity contribution in [1.29, 1.82) is 0 Å². The summed E-state index contributed by atoms with van der Waals surface area (Å²) in [5, 5.41) is 5.80. The largest absolute Gasteiger partial charge is 0.497 e. The van der Waals surface area contributed by atoms with Crippen LogP contribution in [0.2, 0.25) is 0 Å². The number of hydrogen-bond donors (Lipinski definition) is 1. The number of benzene rings is 2. The number of aryl methyl sites for hydroxylation is 1. The summed E-state index contributed by atoms with van der Waals surface area (Å²) in [6, 6.07) is 13.9. The normalized spacial score (nSPS) is 11.9. The van der Waals surface area contributed by atoms with Gasteiger partial charge in [-0.3, -0.25) is 4.79 Å². The van der Waals surface area contributed by atoms with Gasteiger partial charge < -0.3 is 14.8 Å². The Morgan fingerprint density at radius 1 is 1.13 bits per heavy atom. The quantitative estimate of drug-likeness (QED) is 0.531. The van der Waals surface area contributed by atoms with Gasteiger partial charge in [0.05, 0.1) is 19.3 Å². The average molecular weight is 425 g/mol. The second kappa shape index (κ2) is 9.76. The number of nitrogens with one attached hydrogen (secondary N) is 1. The van der Waals surface area contributed by atoms with Gasteiger partial charge in [-0.2, -0.15) is 0 Å². The Morgan fingerprint density at radius 2 is 1.87 bits per heavy atom. The minimum atomic E-state index is -0.594. The van der Waals surface area contributed by atoms with Crippen molar-refractivity contribution in [2.45, 2.75) is 46.3 Å². The Hall–Kier alpha value is -2.86. The van der Waals surface area contributed by atoms with E-state index >= 15 is 0 Å². The third kappa shape index (κ3) is 5.39. The third-order valence-corrected chi connectivity index (χ3v) is 5.74. The summed E-state index contributed by atoms with van der Waals surface area (Å²) in [5.41, 5.74) is 4.06. The summed E-state index contributed by atoms with van der Waals surface area (Å²) in [5.74, 6) is 1.74. The maximum Gasteiger partial charge on any atom is 0.261 e. The van der Waals surface area contributed by atoms with Crippen molar-refractivity contribution in [2.75, 3.05) is 7.11 Å². The third-order valence-electron chi connectivity index (χ3n) is 4.80. The van der Waals surface area contributed by atoms with E-state index in [1.54, 1.807) is 25.4 Å². The van der Waals surface area contributed by atoms with E-state index < -0.39 is 6.10 Å². The van der Waals surface area contributed by atoms with Crippen molar-refractivity contribution in [3.63, 3.8) is 0 Å². The first kappa shape index (κ1) is 21.8. The number of amides is 1. The van der Waals surface area contributed by atoms with Gasteiger partial charge in [-0.05, 0) is 61.2 Å². The maximum atomic E-state index is 12.6. The Bertz CT molecular complexity index is 996. The van der Waals surface area contributed by atoms with Crippen LogP contribution in [0.1, 0.15) is 43.5 Å². The van der Waals surface area contributed by atoms with Crippen LogP contribution < -0.4 is 14.8 Å². The summed E-state index contributed by atoms with van der Waals surface area (Å²) in [6.45, 7) is 8.38. The number of nitrogens with zero attached hydrogens (tertiary/aromatic N) is 1. The molecular formula is C24H28N2O3S. The molecule has 1 unspecified atom stereocenters. The molecule has 5 nitrogen and oxygen atoms in total. The molecule has 6 heteroatoms. The fraction of sp³-hybridized carbons (Fsp3) is 0.333. The molecule has 0 saturated heterocycles. The number of rotatable bonds is 8. The SMILES string of the molecule is COc1ccc(-c2nc(CNC(=O)C(C)Oc3cc(C)ccc3C(C)C)cs2)cc1. The van der Waals surface area contributed by atoms with E-state index in [9.17, 15) is 4.79 Å². The fourth-order valence-corrected chi connectivity index (χ4v) is 3.87. The standard InChI is InChI=1S/C24H28N2O3S/c1-15(2)21-11-6-16(3)12-22(21)29-17(4)23(27)25-13-19-14-30-24(26-19)18-7-9-20(28-5)10-8-18/h6-12,14-15,17H,13H2,1-5H3,(H,25,27). The minimum Gasteiger partial charge on any atom is -0.497 e. The average Bonchev–Trinajstić information content (AvgIpc) is 3.21. The molecule has 3 aromatic rings. The molecular weight excluding hydrogens is 396 g/mol. The number of carbonyl (C=O) groups is 1. The lowest BCUT2D eigenvalue weighted by molar-refractivity contribution is -0.127. The Morgan fingerprint density at radius 3 is 2.53 bits per heavy atom. The second-order valence-electron chi connectivity index (χ2n) is 7.55. The molecule has 0 fully saturated rings. The highest BCUT2D eigenvalue weighted by molar-refractivity contribution is 7.13. The van der Waals surface area contributed by atoms with Gasteiger partial charge in [-0.25, -0.2) is 4.98 Å². The molecule has 0 radical (unpaired) electrons. The first-order valence-electron chi connectivity index (χ1n) is 10.0.